The minimum atomic E-state index is -0.985. The molecule has 0 radical (unpaired) electrons. The first-order valence-corrected chi connectivity index (χ1v) is 7.02. The predicted octanol–water partition coefficient (Wildman–Crippen LogP) is 1.22. The molecule has 0 aromatic heterocycles. The second kappa shape index (κ2) is 8.43. The zero-order valence-corrected chi connectivity index (χ0v) is 12.5. The van der Waals surface area contributed by atoms with Crippen molar-refractivity contribution in [1.82, 2.24) is 10.6 Å². The summed E-state index contributed by atoms with van der Waals surface area (Å²) in [6.07, 6.45) is 0.381. The summed E-state index contributed by atoms with van der Waals surface area (Å²) in [5.41, 5.74) is -0.712. The van der Waals surface area contributed by atoms with Crippen LogP contribution in [-0.2, 0) is 4.79 Å². The van der Waals surface area contributed by atoms with Gasteiger partial charge in [-0.2, -0.15) is 0 Å². The Balaban J connectivity index is 2.83. The number of benzene rings is 1. The lowest BCUT2D eigenvalue weighted by atomic mass is 10.0. The lowest BCUT2D eigenvalue weighted by molar-refractivity contribution is -0.123. The van der Waals surface area contributed by atoms with Crippen molar-refractivity contribution in [2.45, 2.75) is 26.3 Å². The highest BCUT2D eigenvalue weighted by atomic mass is 19.1. The zero-order valence-electron chi connectivity index (χ0n) is 12.5. The molecule has 22 heavy (non-hydrogen) atoms. The molecule has 0 bridgehead atoms. The number of amides is 2. The lowest BCUT2D eigenvalue weighted by Gasteiger charge is -2.22. The normalized spacial score (nSPS) is 12.1. The Kier molecular flexibility index (Phi) is 6.91. The van der Waals surface area contributed by atoms with Gasteiger partial charge < -0.3 is 15.7 Å². The van der Waals surface area contributed by atoms with Gasteiger partial charge in [0.25, 0.3) is 5.91 Å². The zero-order chi connectivity index (χ0) is 16.7. The summed E-state index contributed by atoms with van der Waals surface area (Å²) in [7, 11) is 0. The fourth-order valence-electron chi connectivity index (χ4n) is 1.86. The van der Waals surface area contributed by atoms with E-state index in [1.807, 2.05) is 0 Å². The quantitative estimate of drug-likeness (QED) is 0.662. The van der Waals surface area contributed by atoms with Crippen LogP contribution in [0.25, 0.3) is 0 Å². The monoisotopic (exact) mass is 314 g/mol. The van der Waals surface area contributed by atoms with Crippen LogP contribution in [0.15, 0.2) is 18.2 Å². The highest BCUT2D eigenvalue weighted by Gasteiger charge is 2.26. The van der Waals surface area contributed by atoms with Crippen molar-refractivity contribution in [2.75, 3.05) is 13.2 Å². The number of halogens is 2. The molecule has 0 heterocycles. The van der Waals surface area contributed by atoms with Crippen LogP contribution in [0, 0.1) is 17.6 Å². The number of carbonyl (C=O) groups excluding carboxylic acids is 2. The molecule has 7 heteroatoms. The van der Waals surface area contributed by atoms with E-state index in [1.54, 1.807) is 13.8 Å². The molecule has 2 amide bonds. The first-order chi connectivity index (χ1) is 10.4. The maximum Gasteiger partial charge on any atom is 0.257 e. The molecule has 3 N–H and O–H groups in total. The van der Waals surface area contributed by atoms with Crippen molar-refractivity contribution in [2.24, 2.45) is 5.92 Å². The number of hydrogen-bond donors (Lipinski definition) is 3. The largest absolute Gasteiger partial charge is 0.396 e. The van der Waals surface area contributed by atoms with Crippen molar-refractivity contribution in [3.05, 3.63) is 35.4 Å². The number of aliphatic hydroxyl groups excluding tert-OH is 1. The summed E-state index contributed by atoms with van der Waals surface area (Å²) < 4.78 is 27.1. The van der Waals surface area contributed by atoms with Gasteiger partial charge >= 0.3 is 0 Å². The average Bonchev–Trinajstić information content (AvgIpc) is 2.44. The fourth-order valence-corrected chi connectivity index (χ4v) is 1.86. The Labute approximate surface area is 127 Å². The van der Waals surface area contributed by atoms with Crippen molar-refractivity contribution in [3.63, 3.8) is 0 Å². The van der Waals surface area contributed by atoms with Crippen LogP contribution in [0.2, 0.25) is 0 Å². The van der Waals surface area contributed by atoms with Crippen LogP contribution >= 0.6 is 0 Å². The van der Waals surface area contributed by atoms with E-state index in [1.165, 1.54) is 0 Å². The first-order valence-electron chi connectivity index (χ1n) is 7.02. The SMILES string of the molecule is CC(C)C(NC(=O)c1c(F)cccc1F)C(=O)NCCCO. The second-order valence-electron chi connectivity index (χ2n) is 5.16. The molecular weight excluding hydrogens is 294 g/mol. The van der Waals surface area contributed by atoms with Crippen LogP contribution in [0.1, 0.15) is 30.6 Å². The molecule has 1 aromatic carbocycles. The molecule has 0 saturated heterocycles. The molecule has 122 valence electrons. The molecule has 0 fully saturated rings. The van der Waals surface area contributed by atoms with Gasteiger partial charge in [0.05, 0.1) is 0 Å². The highest BCUT2D eigenvalue weighted by molar-refractivity contribution is 5.98. The molecule has 5 nitrogen and oxygen atoms in total. The third-order valence-corrected chi connectivity index (χ3v) is 3.06. The maximum absolute atomic E-state index is 13.6. The summed E-state index contributed by atoms with van der Waals surface area (Å²) >= 11 is 0. The van der Waals surface area contributed by atoms with Crippen LogP contribution in [0.5, 0.6) is 0 Å². The molecule has 1 unspecified atom stereocenters. The topological polar surface area (TPSA) is 78.4 Å². The van der Waals surface area contributed by atoms with Gasteiger partial charge in [0.2, 0.25) is 5.91 Å². The summed E-state index contributed by atoms with van der Waals surface area (Å²) in [5, 5.41) is 13.6. The summed E-state index contributed by atoms with van der Waals surface area (Å²) in [5.74, 6) is -3.69. The van der Waals surface area contributed by atoms with E-state index in [0.29, 0.717) is 6.42 Å². The molecule has 0 spiro atoms. The maximum atomic E-state index is 13.6. The van der Waals surface area contributed by atoms with Crippen molar-refractivity contribution in [3.8, 4) is 0 Å². The number of hydrogen-bond acceptors (Lipinski definition) is 3. The van der Waals surface area contributed by atoms with Gasteiger partial charge in [0.15, 0.2) is 0 Å². The van der Waals surface area contributed by atoms with Gasteiger partial charge in [0.1, 0.15) is 23.2 Å². The van der Waals surface area contributed by atoms with Crippen LogP contribution in [0.3, 0.4) is 0 Å². The number of carbonyl (C=O) groups is 2. The molecule has 1 atom stereocenters. The molecular formula is C15H20F2N2O3. The Morgan fingerprint density at radius 3 is 2.32 bits per heavy atom. The average molecular weight is 314 g/mol. The molecule has 0 aliphatic carbocycles. The summed E-state index contributed by atoms with van der Waals surface area (Å²) in [4.78, 5) is 24.0. The van der Waals surface area contributed by atoms with Gasteiger partial charge in [0, 0.05) is 13.2 Å². The minimum Gasteiger partial charge on any atom is -0.396 e. The Morgan fingerprint density at radius 2 is 1.82 bits per heavy atom. The summed E-state index contributed by atoms with van der Waals surface area (Å²) in [6.45, 7) is 3.59. The van der Waals surface area contributed by atoms with E-state index in [2.05, 4.69) is 10.6 Å². The highest BCUT2D eigenvalue weighted by Crippen LogP contribution is 2.13. The second-order valence-corrected chi connectivity index (χ2v) is 5.16. The Hall–Kier alpha value is -2.02. The standard InChI is InChI=1S/C15H20F2N2O3/c1-9(2)13(15(22)18-7-4-8-20)19-14(21)12-10(16)5-3-6-11(12)17/h3,5-6,9,13,20H,4,7-8H2,1-2H3,(H,18,22)(H,19,21). The fraction of sp³-hybridized carbons (Fsp3) is 0.467. The number of rotatable bonds is 7. The minimum absolute atomic E-state index is 0.0700. The Morgan fingerprint density at radius 1 is 1.23 bits per heavy atom. The van der Waals surface area contributed by atoms with Crippen molar-refractivity contribution in [1.29, 1.82) is 0 Å². The van der Waals surface area contributed by atoms with Crippen LogP contribution in [0.4, 0.5) is 8.78 Å². The molecule has 0 saturated carbocycles. The third kappa shape index (κ3) is 4.77. The van der Waals surface area contributed by atoms with Crippen molar-refractivity contribution < 1.29 is 23.5 Å². The van der Waals surface area contributed by atoms with E-state index >= 15 is 0 Å². The smallest absolute Gasteiger partial charge is 0.257 e. The molecule has 1 aromatic rings. The molecule has 1 rings (SSSR count). The van der Waals surface area contributed by atoms with Gasteiger partial charge in [-0.05, 0) is 24.5 Å². The van der Waals surface area contributed by atoms with Crippen LogP contribution < -0.4 is 10.6 Å². The lowest BCUT2D eigenvalue weighted by Crippen LogP contribution is -2.50. The van der Waals surface area contributed by atoms with Gasteiger partial charge in [-0.3, -0.25) is 9.59 Å². The molecule has 0 aliphatic rings. The van der Waals surface area contributed by atoms with Crippen LogP contribution in [-0.4, -0.2) is 36.1 Å². The van der Waals surface area contributed by atoms with E-state index in [0.717, 1.165) is 18.2 Å². The number of aliphatic hydroxyl groups is 1. The van der Waals surface area contributed by atoms with E-state index < -0.39 is 35.1 Å². The predicted molar refractivity (Wildman–Crippen MR) is 77.2 cm³/mol. The van der Waals surface area contributed by atoms with Gasteiger partial charge in [-0.1, -0.05) is 19.9 Å². The summed E-state index contributed by atoms with van der Waals surface area (Å²) in [6, 6.07) is 2.18. The number of nitrogens with one attached hydrogen (secondary N) is 2. The van der Waals surface area contributed by atoms with E-state index in [4.69, 9.17) is 5.11 Å². The molecule has 0 aliphatic heterocycles. The first kappa shape index (κ1) is 18.0. The van der Waals surface area contributed by atoms with E-state index in [-0.39, 0.29) is 19.1 Å². The van der Waals surface area contributed by atoms with Gasteiger partial charge in [-0.25, -0.2) is 8.78 Å². The Bertz CT molecular complexity index is 515. The van der Waals surface area contributed by atoms with Gasteiger partial charge in [-0.15, -0.1) is 0 Å². The van der Waals surface area contributed by atoms with Crippen molar-refractivity contribution >= 4 is 11.8 Å². The van der Waals surface area contributed by atoms with E-state index in [9.17, 15) is 18.4 Å². The third-order valence-electron chi connectivity index (χ3n) is 3.06.